The molecule has 0 saturated heterocycles. The van der Waals surface area contributed by atoms with E-state index in [0.29, 0.717) is 23.6 Å². The molecule has 2 N–H and O–H groups in total. The summed E-state index contributed by atoms with van der Waals surface area (Å²) in [7, 11) is 5.63. The summed E-state index contributed by atoms with van der Waals surface area (Å²) in [6.45, 7) is 3.01. The number of carbonyl (C=O) groups is 2. The molecular weight excluding hydrogens is 372 g/mol. The van der Waals surface area contributed by atoms with Crippen LogP contribution >= 0.6 is 0 Å². The fraction of sp³-hybridized carbons (Fsp3) is 0.364. The van der Waals surface area contributed by atoms with Gasteiger partial charge in [-0.05, 0) is 36.8 Å². The predicted molar refractivity (Wildman–Crippen MR) is 107 cm³/mol. The molecule has 1 aromatic heterocycles. The molecule has 1 atom stereocenters. The van der Waals surface area contributed by atoms with Gasteiger partial charge in [0, 0.05) is 13.0 Å². The van der Waals surface area contributed by atoms with Crippen molar-refractivity contribution in [3.63, 3.8) is 0 Å². The van der Waals surface area contributed by atoms with E-state index in [0.717, 1.165) is 13.0 Å². The Morgan fingerprint density at radius 2 is 2.03 bits per heavy atom. The molecule has 0 aliphatic carbocycles. The van der Waals surface area contributed by atoms with Crippen molar-refractivity contribution in [1.29, 1.82) is 0 Å². The van der Waals surface area contributed by atoms with Crippen molar-refractivity contribution in [3.05, 3.63) is 64.8 Å². The molecule has 1 aliphatic heterocycles. The van der Waals surface area contributed by atoms with Crippen LogP contribution < -0.4 is 9.64 Å². The smallest absolute Gasteiger partial charge is 0.290 e. The second-order valence-corrected chi connectivity index (χ2v) is 7.49. The normalized spacial score (nSPS) is 16.8. The number of hydrogen-bond donors (Lipinski definition) is 2. The number of quaternary nitrogens is 1. The SMILES string of the molecule is COc1cccc([C@H]2C(C(=O)c3ccc(C)o3)=C(O)C(=O)N2CCC[NH+](C)C)c1. The van der Waals surface area contributed by atoms with Gasteiger partial charge >= 0.3 is 0 Å². The molecule has 3 rings (SSSR count). The van der Waals surface area contributed by atoms with Gasteiger partial charge in [-0.25, -0.2) is 0 Å². The highest BCUT2D eigenvalue weighted by Crippen LogP contribution is 2.40. The molecule has 0 saturated carbocycles. The number of methoxy groups -OCH3 is 1. The lowest BCUT2D eigenvalue weighted by Gasteiger charge is -2.27. The van der Waals surface area contributed by atoms with Gasteiger partial charge in [0.2, 0.25) is 5.78 Å². The number of nitrogens with zero attached hydrogens (tertiary/aromatic N) is 1. The molecule has 2 heterocycles. The van der Waals surface area contributed by atoms with Crippen molar-refractivity contribution >= 4 is 11.7 Å². The van der Waals surface area contributed by atoms with E-state index in [1.165, 1.54) is 4.90 Å². The van der Waals surface area contributed by atoms with Gasteiger partial charge in [-0.1, -0.05) is 12.1 Å². The number of aryl methyl sites for hydroxylation is 1. The Morgan fingerprint density at radius 3 is 2.66 bits per heavy atom. The molecule has 7 nitrogen and oxygen atoms in total. The van der Waals surface area contributed by atoms with Gasteiger partial charge < -0.3 is 24.1 Å². The third-order valence-electron chi connectivity index (χ3n) is 5.00. The quantitative estimate of drug-likeness (QED) is 0.660. The summed E-state index contributed by atoms with van der Waals surface area (Å²) in [5.41, 5.74) is 0.736. The van der Waals surface area contributed by atoms with Gasteiger partial charge in [0.1, 0.15) is 11.5 Å². The standard InChI is InChI=1S/C22H26N2O5/c1-14-9-10-17(29-14)20(25)18-19(15-7-5-8-16(13-15)28-4)24(22(27)21(18)26)12-6-11-23(2)3/h5,7-10,13,19,26H,6,11-12H2,1-4H3/p+1/t19-/m0/s1. The lowest BCUT2D eigenvalue weighted by molar-refractivity contribution is -0.858. The number of amides is 1. The molecule has 0 radical (unpaired) electrons. The Hall–Kier alpha value is -3.06. The first-order chi connectivity index (χ1) is 13.8. The molecule has 1 aliphatic rings. The number of aliphatic hydroxyl groups excluding tert-OH is 1. The number of furan rings is 1. The molecule has 7 heteroatoms. The average Bonchev–Trinajstić information content (AvgIpc) is 3.24. The van der Waals surface area contributed by atoms with Crippen molar-refractivity contribution < 1.29 is 28.7 Å². The minimum atomic E-state index is -0.701. The number of rotatable bonds is 8. The van der Waals surface area contributed by atoms with Crippen molar-refractivity contribution in [2.24, 2.45) is 0 Å². The maximum Gasteiger partial charge on any atom is 0.290 e. The van der Waals surface area contributed by atoms with E-state index in [-0.39, 0.29) is 11.3 Å². The van der Waals surface area contributed by atoms with Gasteiger partial charge in [0.15, 0.2) is 11.5 Å². The number of ketones is 1. The fourth-order valence-corrected chi connectivity index (χ4v) is 3.57. The van der Waals surface area contributed by atoms with Gasteiger partial charge in [-0.2, -0.15) is 0 Å². The van der Waals surface area contributed by atoms with Crippen LogP contribution in [0.15, 0.2) is 52.1 Å². The van der Waals surface area contributed by atoms with E-state index in [2.05, 4.69) is 0 Å². The Bertz CT molecular complexity index is 944. The fourth-order valence-electron chi connectivity index (χ4n) is 3.57. The lowest BCUT2D eigenvalue weighted by atomic mass is 9.95. The third-order valence-corrected chi connectivity index (χ3v) is 5.00. The largest absolute Gasteiger partial charge is 0.503 e. The van der Waals surface area contributed by atoms with Crippen LogP contribution in [-0.4, -0.2) is 56.0 Å². The summed E-state index contributed by atoms with van der Waals surface area (Å²) >= 11 is 0. The molecule has 2 aromatic rings. The summed E-state index contributed by atoms with van der Waals surface area (Å²) in [4.78, 5) is 28.8. The number of ether oxygens (including phenoxy) is 1. The Kier molecular flexibility index (Phi) is 6.08. The number of hydrogen-bond acceptors (Lipinski definition) is 5. The minimum absolute atomic E-state index is 0.0369. The van der Waals surface area contributed by atoms with Crippen LogP contribution in [-0.2, 0) is 4.79 Å². The summed E-state index contributed by atoms with van der Waals surface area (Å²) in [6, 6.07) is 9.73. The second kappa shape index (κ2) is 8.53. The van der Waals surface area contributed by atoms with E-state index < -0.39 is 23.5 Å². The molecule has 0 unspecified atom stereocenters. The number of benzene rings is 1. The van der Waals surface area contributed by atoms with E-state index in [1.54, 1.807) is 49.3 Å². The highest BCUT2D eigenvalue weighted by atomic mass is 16.5. The number of Topliss-reactive ketones (excluding diaryl/α,β-unsaturated/α-hetero) is 1. The van der Waals surface area contributed by atoms with Crippen molar-refractivity contribution in [2.45, 2.75) is 19.4 Å². The zero-order valence-corrected chi connectivity index (χ0v) is 17.2. The van der Waals surface area contributed by atoms with Gasteiger partial charge in [-0.15, -0.1) is 0 Å². The number of aliphatic hydroxyl groups is 1. The zero-order chi connectivity index (χ0) is 21.1. The zero-order valence-electron chi connectivity index (χ0n) is 17.2. The van der Waals surface area contributed by atoms with Gasteiger partial charge in [-0.3, -0.25) is 9.59 Å². The first-order valence-corrected chi connectivity index (χ1v) is 9.61. The van der Waals surface area contributed by atoms with E-state index in [4.69, 9.17) is 9.15 Å². The Labute approximate surface area is 170 Å². The molecule has 1 aromatic carbocycles. The van der Waals surface area contributed by atoms with Crippen LogP contribution in [0.1, 0.15) is 34.3 Å². The van der Waals surface area contributed by atoms with Crippen molar-refractivity contribution in [2.75, 3.05) is 34.3 Å². The van der Waals surface area contributed by atoms with Gasteiger partial charge in [0.25, 0.3) is 5.91 Å². The summed E-state index contributed by atoms with van der Waals surface area (Å²) < 4.78 is 10.8. The molecule has 0 fully saturated rings. The molecule has 154 valence electrons. The van der Waals surface area contributed by atoms with Crippen LogP contribution in [0, 0.1) is 6.92 Å². The predicted octanol–water partition coefficient (Wildman–Crippen LogP) is 1.71. The topological polar surface area (TPSA) is 84.4 Å². The van der Waals surface area contributed by atoms with Crippen LogP contribution in [0.25, 0.3) is 0 Å². The van der Waals surface area contributed by atoms with E-state index in [1.807, 2.05) is 20.2 Å². The monoisotopic (exact) mass is 399 g/mol. The highest BCUT2D eigenvalue weighted by molar-refractivity contribution is 6.15. The van der Waals surface area contributed by atoms with Crippen LogP contribution in [0.2, 0.25) is 0 Å². The molecular formula is C22H27N2O5+. The van der Waals surface area contributed by atoms with E-state index in [9.17, 15) is 14.7 Å². The minimum Gasteiger partial charge on any atom is -0.503 e. The second-order valence-electron chi connectivity index (χ2n) is 7.49. The molecule has 1 amide bonds. The van der Waals surface area contributed by atoms with Crippen molar-refractivity contribution in [3.8, 4) is 5.75 Å². The average molecular weight is 399 g/mol. The number of carbonyl (C=O) groups excluding carboxylic acids is 2. The number of nitrogens with one attached hydrogen (secondary N) is 1. The molecule has 29 heavy (non-hydrogen) atoms. The summed E-state index contributed by atoms with van der Waals surface area (Å²) in [5, 5.41) is 10.6. The van der Waals surface area contributed by atoms with Crippen molar-refractivity contribution in [1.82, 2.24) is 4.90 Å². The Morgan fingerprint density at radius 1 is 1.28 bits per heavy atom. The van der Waals surface area contributed by atoms with Crippen LogP contribution in [0.3, 0.4) is 0 Å². The summed E-state index contributed by atoms with van der Waals surface area (Å²) in [5.74, 6) is -0.254. The maximum absolute atomic E-state index is 13.2. The maximum atomic E-state index is 13.2. The molecule has 0 spiro atoms. The first kappa shape index (κ1) is 20.7. The highest BCUT2D eigenvalue weighted by Gasteiger charge is 2.44. The first-order valence-electron chi connectivity index (χ1n) is 9.61. The third kappa shape index (κ3) is 4.19. The lowest BCUT2D eigenvalue weighted by Crippen LogP contribution is -3.05. The summed E-state index contributed by atoms with van der Waals surface area (Å²) in [6.07, 6.45) is 0.739. The van der Waals surface area contributed by atoms with Crippen LogP contribution in [0.4, 0.5) is 0 Å². The van der Waals surface area contributed by atoms with Gasteiger partial charge in [0.05, 0.1) is 39.4 Å². The molecule has 0 bridgehead atoms. The van der Waals surface area contributed by atoms with Crippen LogP contribution in [0.5, 0.6) is 5.75 Å². The van der Waals surface area contributed by atoms with E-state index >= 15 is 0 Å². The Balaban J connectivity index is 2.03.